The number of fused-ring (bicyclic) bond motifs is 2. The molecule has 0 spiro atoms. The monoisotopic (exact) mass is 474 g/mol. The van der Waals surface area contributed by atoms with Crippen molar-refractivity contribution in [1.82, 2.24) is 9.71 Å². The van der Waals surface area contributed by atoms with Crippen molar-refractivity contribution in [2.75, 3.05) is 7.11 Å². The van der Waals surface area contributed by atoms with E-state index in [1.165, 1.54) is 13.2 Å². The zero-order chi connectivity index (χ0) is 20.6. The molecule has 4 rings (SSSR count). The molecule has 29 heavy (non-hydrogen) atoms. The number of carbonyl (C=O) groups is 1. The number of sulfonamides is 1. The first kappa shape index (κ1) is 19.8. The molecule has 1 atom stereocenters. The third-order valence-electron chi connectivity index (χ3n) is 5.19. The van der Waals surface area contributed by atoms with Crippen LogP contribution in [0.4, 0.5) is 0 Å². The average Bonchev–Trinajstić information content (AvgIpc) is 2.73. The second-order valence-corrected chi connectivity index (χ2v) is 9.40. The molecular formula is C21H19BrN2O4S. The van der Waals surface area contributed by atoms with Crippen molar-refractivity contribution in [3.05, 3.63) is 64.3 Å². The standard InChI is InChI=1S/C21H19BrN2O4S/c1-28-21-19-15(17(22)12-23-21)9-5-10-16(19)20(25)24-29(26,27)18-11-4-7-13-6-2-3-8-14(13)18/h2-4,6-8,11-12,16H,5,9-10H2,1H3,(H,24,25). The van der Waals surface area contributed by atoms with Crippen LogP contribution in [0.5, 0.6) is 5.88 Å². The van der Waals surface area contributed by atoms with E-state index < -0.39 is 21.8 Å². The van der Waals surface area contributed by atoms with Gasteiger partial charge in [0.15, 0.2) is 0 Å². The lowest BCUT2D eigenvalue weighted by Crippen LogP contribution is -2.36. The normalized spacial score (nSPS) is 16.3. The zero-order valence-corrected chi connectivity index (χ0v) is 18.1. The molecule has 1 aliphatic rings. The number of benzene rings is 2. The first-order valence-electron chi connectivity index (χ1n) is 9.18. The fourth-order valence-corrected chi connectivity index (χ4v) is 5.64. The fraction of sp³-hybridized carbons (Fsp3) is 0.238. The van der Waals surface area contributed by atoms with Crippen LogP contribution in [0, 0.1) is 0 Å². The molecule has 8 heteroatoms. The number of ether oxygens (including phenoxy) is 1. The minimum Gasteiger partial charge on any atom is -0.481 e. The highest BCUT2D eigenvalue weighted by Crippen LogP contribution is 2.40. The SMILES string of the molecule is COc1ncc(Br)c2c1C(C(=O)NS(=O)(=O)c1cccc3ccccc13)CCC2. The van der Waals surface area contributed by atoms with Gasteiger partial charge in [0.05, 0.1) is 17.9 Å². The molecule has 1 unspecified atom stereocenters. The third kappa shape index (κ3) is 3.62. The summed E-state index contributed by atoms with van der Waals surface area (Å²) in [4.78, 5) is 17.4. The second kappa shape index (κ2) is 7.76. The topological polar surface area (TPSA) is 85.4 Å². The van der Waals surface area contributed by atoms with E-state index in [9.17, 15) is 13.2 Å². The van der Waals surface area contributed by atoms with Crippen LogP contribution in [0.3, 0.4) is 0 Å². The Hall–Kier alpha value is -2.45. The number of methoxy groups -OCH3 is 1. The first-order valence-corrected chi connectivity index (χ1v) is 11.5. The summed E-state index contributed by atoms with van der Waals surface area (Å²) in [5.41, 5.74) is 1.59. The van der Waals surface area contributed by atoms with Gasteiger partial charge in [0, 0.05) is 21.6 Å². The Labute approximate surface area is 177 Å². The molecule has 1 aliphatic carbocycles. The van der Waals surface area contributed by atoms with Crippen LogP contribution >= 0.6 is 15.9 Å². The average molecular weight is 475 g/mol. The van der Waals surface area contributed by atoms with Crippen LogP contribution in [0.25, 0.3) is 10.8 Å². The maximum absolute atomic E-state index is 13.1. The van der Waals surface area contributed by atoms with Crippen molar-refractivity contribution < 1.29 is 17.9 Å². The number of carbonyl (C=O) groups excluding carboxylic acids is 1. The summed E-state index contributed by atoms with van der Waals surface area (Å²) in [6.45, 7) is 0. The summed E-state index contributed by atoms with van der Waals surface area (Å²) in [5, 5.41) is 1.36. The van der Waals surface area contributed by atoms with E-state index in [1.807, 2.05) is 18.2 Å². The number of hydrogen-bond donors (Lipinski definition) is 1. The van der Waals surface area contributed by atoms with Gasteiger partial charge in [-0.05, 0) is 52.2 Å². The number of aromatic nitrogens is 1. The lowest BCUT2D eigenvalue weighted by Gasteiger charge is -2.26. The maximum atomic E-state index is 13.1. The molecular weight excluding hydrogens is 456 g/mol. The van der Waals surface area contributed by atoms with E-state index in [0.29, 0.717) is 23.3 Å². The number of nitrogens with one attached hydrogen (secondary N) is 1. The van der Waals surface area contributed by atoms with Crippen LogP contribution in [-0.4, -0.2) is 26.4 Å². The van der Waals surface area contributed by atoms with Crippen LogP contribution in [0.2, 0.25) is 0 Å². The van der Waals surface area contributed by atoms with Crippen molar-refractivity contribution >= 4 is 42.6 Å². The largest absolute Gasteiger partial charge is 0.481 e. The molecule has 150 valence electrons. The van der Waals surface area contributed by atoms with Crippen LogP contribution in [0.1, 0.15) is 29.9 Å². The number of nitrogens with zero attached hydrogens (tertiary/aromatic N) is 1. The van der Waals surface area contributed by atoms with Crippen molar-refractivity contribution in [3.63, 3.8) is 0 Å². The Morgan fingerprint density at radius 1 is 1.21 bits per heavy atom. The Morgan fingerprint density at radius 3 is 2.76 bits per heavy atom. The second-order valence-electron chi connectivity index (χ2n) is 6.90. The summed E-state index contributed by atoms with van der Waals surface area (Å²) >= 11 is 3.48. The lowest BCUT2D eigenvalue weighted by atomic mass is 9.83. The molecule has 1 aromatic heterocycles. The van der Waals surface area contributed by atoms with Gasteiger partial charge in [0.2, 0.25) is 11.8 Å². The molecule has 1 N–H and O–H groups in total. The Morgan fingerprint density at radius 2 is 1.97 bits per heavy atom. The third-order valence-corrected chi connectivity index (χ3v) is 7.28. The quantitative estimate of drug-likeness (QED) is 0.618. The zero-order valence-electron chi connectivity index (χ0n) is 15.7. The number of halogens is 1. The van der Waals surface area contributed by atoms with Crippen molar-refractivity contribution in [3.8, 4) is 5.88 Å². The van der Waals surface area contributed by atoms with E-state index >= 15 is 0 Å². The predicted octanol–water partition coefficient (Wildman–Crippen LogP) is 3.93. The molecule has 0 fully saturated rings. The molecule has 3 aromatic rings. The first-order chi connectivity index (χ1) is 13.9. The van der Waals surface area contributed by atoms with Gasteiger partial charge in [-0.25, -0.2) is 18.1 Å². The van der Waals surface area contributed by atoms with E-state index in [2.05, 4.69) is 25.6 Å². The highest BCUT2D eigenvalue weighted by Gasteiger charge is 2.34. The minimum atomic E-state index is -4.04. The Kier molecular flexibility index (Phi) is 5.31. The van der Waals surface area contributed by atoms with Crippen molar-refractivity contribution in [1.29, 1.82) is 0 Å². The lowest BCUT2D eigenvalue weighted by molar-refractivity contribution is -0.121. The molecule has 0 saturated carbocycles. The van der Waals surface area contributed by atoms with Gasteiger partial charge >= 0.3 is 0 Å². The van der Waals surface area contributed by atoms with Gasteiger partial charge in [-0.1, -0.05) is 36.4 Å². The van der Waals surface area contributed by atoms with E-state index in [4.69, 9.17) is 4.74 Å². The van der Waals surface area contributed by atoms with Crippen LogP contribution < -0.4 is 9.46 Å². The molecule has 2 aromatic carbocycles. The molecule has 6 nitrogen and oxygen atoms in total. The number of hydrogen-bond acceptors (Lipinski definition) is 5. The van der Waals surface area contributed by atoms with E-state index in [-0.39, 0.29) is 4.90 Å². The van der Waals surface area contributed by atoms with Crippen molar-refractivity contribution in [2.24, 2.45) is 0 Å². The summed E-state index contributed by atoms with van der Waals surface area (Å²) in [6, 6.07) is 12.2. The summed E-state index contributed by atoms with van der Waals surface area (Å²) < 4.78 is 34.5. The van der Waals surface area contributed by atoms with E-state index in [0.717, 1.165) is 28.3 Å². The van der Waals surface area contributed by atoms with Gasteiger partial charge in [-0.2, -0.15) is 0 Å². The Balaban J connectivity index is 1.72. The highest BCUT2D eigenvalue weighted by atomic mass is 79.9. The van der Waals surface area contributed by atoms with Gasteiger partial charge in [-0.15, -0.1) is 0 Å². The predicted molar refractivity (Wildman–Crippen MR) is 113 cm³/mol. The number of amides is 1. The molecule has 0 radical (unpaired) electrons. The van der Waals surface area contributed by atoms with Gasteiger partial charge in [0.1, 0.15) is 0 Å². The molecule has 0 bridgehead atoms. The van der Waals surface area contributed by atoms with Crippen molar-refractivity contribution in [2.45, 2.75) is 30.1 Å². The molecule has 1 amide bonds. The summed E-state index contributed by atoms with van der Waals surface area (Å²) in [6.07, 6.45) is 3.71. The van der Waals surface area contributed by atoms with Gasteiger partial charge < -0.3 is 4.74 Å². The molecule has 0 saturated heterocycles. The number of rotatable bonds is 4. The molecule has 0 aliphatic heterocycles. The Bertz CT molecular complexity index is 1210. The molecule has 1 heterocycles. The smallest absolute Gasteiger partial charge is 0.264 e. The van der Waals surface area contributed by atoms with Gasteiger partial charge in [-0.3, -0.25) is 4.79 Å². The number of pyridine rings is 1. The highest BCUT2D eigenvalue weighted by molar-refractivity contribution is 9.10. The summed E-state index contributed by atoms with van der Waals surface area (Å²) in [7, 11) is -2.55. The maximum Gasteiger partial charge on any atom is 0.264 e. The van der Waals surface area contributed by atoms with Gasteiger partial charge in [0.25, 0.3) is 10.0 Å². The summed E-state index contributed by atoms with van der Waals surface area (Å²) in [5.74, 6) is -0.869. The minimum absolute atomic E-state index is 0.0827. The van der Waals surface area contributed by atoms with Crippen LogP contribution in [-0.2, 0) is 21.2 Å². The fourth-order valence-electron chi connectivity index (χ4n) is 3.87. The van der Waals surface area contributed by atoms with Crippen LogP contribution in [0.15, 0.2) is 58.0 Å². The van der Waals surface area contributed by atoms with E-state index in [1.54, 1.807) is 24.4 Å².